The summed E-state index contributed by atoms with van der Waals surface area (Å²) in [5.74, 6) is 1.31. The van der Waals surface area contributed by atoms with Gasteiger partial charge in [0.2, 0.25) is 5.91 Å². The molecule has 24 heavy (non-hydrogen) atoms. The molecule has 0 saturated heterocycles. The van der Waals surface area contributed by atoms with Gasteiger partial charge in [0.15, 0.2) is 0 Å². The summed E-state index contributed by atoms with van der Waals surface area (Å²) in [6.07, 6.45) is 1.79. The molecule has 0 aliphatic heterocycles. The minimum atomic E-state index is -0.151. The number of hydrogen-bond acceptors (Lipinski definition) is 4. The Morgan fingerprint density at radius 1 is 1.21 bits per heavy atom. The first-order valence-electron chi connectivity index (χ1n) is 7.53. The van der Waals surface area contributed by atoms with E-state index in [9.17, 15) is 4.79 Å². The van der Waals surface area contributed by atoms with Crippen LogP contribution in [0.25, 0.3) is 11.3 Å². The number of aryl methyl sites for hydroxylation is 2. The summed E-state index contributed by atoms with van der Waals surface area (Å²) < 4.78 is 8.39. The Morgan fingerprint density at radius 3 is 2.58 bits per heavy atom. The van der Waals surface area contributed by atoms with Gasteiger partial charge >= 0.3 is 0 Å². The second-order valence-corrected chi connectivity index (χ2v) is 5.47. The van der Waals surface area contributed by atoms with Gasteiger partial charge in [-0.1, -0.05) is 0 Å². The first-order valence-corrected chi connectivity index (χ1v) is 7.53. The smallest absolute Gasteiger partial charge is 0.247 e. The normalized spacial score (nSPS) is 10.6. The van der Waals surface area contributed by atoms with Crippen molar-refractivity contribution in [2.75, 3.05) is 12.4 Å². The number of anilines is 1. The maximum atomic E-state index is 12.1. The number of amides is 1. The molecule has 0 atom stereocenters. The van der Waals surface area contributed by atoms with E-state index in [1.165, 1.54) is 0 Å². The van der Waals surface area contributed by atoms with Crippen LogP contribution in [0.4, 0.5) is 5.82 Å². The van der Waals surface area contributed by atoms with Crippen molar-refractivity contribution >= 4 is 11.7 Å². The molecule has 0 saturated carbocycles. The average Bonchev–Trinajstić information content (AvgIpc) is 3.14. The summed E-state index contributed by atoms with van der Waals surface area (Å²) in [7, 11) is 3.42. The first-order chi connectivity index (χ1) is 11.5. The van der Waals surface area contributed by atoms with Crippen molar-refractivity contribution in [3.05, 3.63) is 48.3 Å². The van der Waals surface area contributed by atoms with Gasteiger partial charge in [0.1, 0.15) is 18.1 Å². The molecular weight excluding hydrogens is 306 g/mol. The van der Waals surface area contributed by atoms with Crippen LogP contribution in [0.5, 0.6) is 5.75 Å². The van der Waals surface area contributed by atoms with E-state index in [2.05, 4.69) is 15.5 Å². The molecule has 0 radical (unpaired) electrons. The van der Waals surface area contributed by atoms with E-state index < -0.39 is 0 Å². The SMILES string of the molecule is COc1ccc(-c2ccn(CC(=O)Nc3cc(C)nn3C)n2)cc1. The Kier molecular flexibility index (Phi) is 4.33. The first kappa shape index (κ1) is 15.8. The Morgan fingerprint density at radius 2 is 1.96 bits per heavy atom. The van der Waals surface area contributed by atoms with Gasteiger partial charge in [0, 0.05) is 24.9 Å². The van der Waals surface area contributed by atoms with Crippen LogP contribution in [0.15, 0.2) is 42.6 Å². The number of carbonyl (C=O) groups excluding carboxylic acids is 1. The number of aromatic nitrogens is 4. The van der Waals surface area contributed by atoms with Crippen LogP contribution in [0.1, 0.15) is 5.69 Å². The summed E-state index contributed by atoms with van der Waals surface area (Å²) in [5.41, 5.74) is 2.63. The molecular formula is C17H19N5O2. The fraction of sp³-hybridized carbons (Fsp3) is 0.235. The van der Waals surface area contributed by atoms with Gasteiger partial charge < -0.3 is 10.1 Å². The van der Waals surface area contributed by atoms with Gasteiger partial charge in [0.05, 0.1) is 18.5 Å². The van der Waals surface area contributed by atoms with Crippen LogP contribution in [-0.2, 0) is 18.4 Å². The van der Waals surface area contributed by atoms with Crippen molar-refractivity contribution < 1.29 is 9.53 Å². The van der Waals surface area contributed by atoms with Crippen molar-refractivity contribution in [2.24, 2.45) is 7.05 Å². The highest BCUT2D eigenvalue weighted by atomic mass is 16.5. The lowest BCUT2D eigenvalue weighted by molar-refractivity contribution is -0.116. The Balaban J connectivity index is 1.66. The lowest BCUT2D eigenvalue weighted by atomic mass is 10.1. The lowest BCUT2D eigenvalue weighted by Crippen LogP contribution is -2.20. The molecule has 0 unspecified atom stereocenters. The molecule has 3 aromatic rings. The molecule has 3 rings (SSSR count). The number of carbonyl (C=O) groups is 1. The zero-order chi connectivity index (χ0) is 17.1. The quantitative estimate of drug-likeness (QED) is 0.781. The zero-order valence-corrected chi connectivity index (χ0v) is 13.9. The molecule has 0 spiro atoms. The minimum Gasteiger partial charge on any atom is -0.497 e. The molecule has 0 aliphatic rings. The van der Waals surface area contributed by atoms with Crippen LogP contribution in [0.3, 0.4) is 0 Å². The molecule has 7 nitrogen and oxygen atoms in total. The van der Waals surface area contributed by atoms with E-state index in [-0.39, 0.29) is 12.5 Å². The van der Waals surface area contributed by atoms with Crippen LogP contribution in [-0.4, -0.2) is 32.6 Å². The highest BCUT2D eigenvalue weighted by Crippen LogP contribution is 2.20. The van der Waals surface area contributed by atoms with Gasteiger partial charge in [-0.2, -0.15) is 10.2 Å². The Hall–Kier alpha value is -3.09. The van der Waals surface area contributed by atoms with E-state index in [1.54, 1.807) is 29.7 Å². The fourth-order valence-electron chi connectivity index (χ4n) is 2.42. The lowest BCUT2D eigenvalue weighted by Gasteiger charge is -2.05. The third kappa shape index (κ3) is 3.45. The third-order valence-corrected chi connectivity index (χ3v) is 3.60. The van der Waals surface area contributed by atoms with Gasteiger partial charge in [-0.05, 0) is 37.3 Å². The number of methoxy groups -OCH3 is 1. The largest absolute Gasteiger partial charge is 0.497 e. The molecule has 124 valence electrons. The maximum absolute atomic E-state index is 12.1. The van der Waals surface area contributed by atoms with Crippen molar-refractivity contribution in [2.45, 2.75) is 13.5 Å². The van der Waals surface area contributed by atoms with Crippen LogP contribution >= 0.6 is 0 Å². The molecule has 2 heterocycles. The molecule has 0 fully saturated rings. The van der Waals surface area contributed by atoms with Crippen molar-refractivity contribution in [1.29, 1.82) is 0 Å². The average molecular weight is 325 g/mol. The molecule has 2 aromatic heterocycles. The minimum absolute atomic E-state index is 0.139. The highest BCUT2D eigenvalue weighted by molar-refractivity contribution is 5.89. The monoisotopic (exact) mass is 325 g/mol. The highest BCUT2D eigenvalue weighted by Gasteiger charge is 2.09. The fourth-order valence-corrected chi connectivity index (χ4v) is 2.42. The molecule has 1 amide bonds. The maximum Gasteiger partial charge on any atom is 0.247 e. The molecule has 1 aromatic carbocycles. The molecule has 0 aliphatic carbocycles. The summed E-state index contributed by atoms with van der Waals surface area (Å²) in [6.45, 7) is 2.02. The predicted molar refractivity (Wildman–Crippen MR) is 90.8 cm³/mol. The van der Waals surface area contributed by atoms with Crippen molar-refractivity contribution in [1.82, 2.24) is 19.6 Å². The number of ether oxygens (including phenoxy) is 1. The summed E-state index contributed by atoms with van der Waals surface area (Å²) >= 11 is 0. The van der Waals surface area contributed by atoms with Gasteiger partial charge in [-0.25, -0.2) is 0 Å². The topological polar surface area (TPSA) is 74.0 Å². The summed E-state index contributed by atoms with van der Waals surface area (Å²) in [4.78, 5) is 12.1. The summed E-state index contributed by atoms with van der Waals surface area (Å²) in [6, 6.07) is 11.3. The van der Waals surface area contributed by atoms with E-state index in [0.29, 0.717) is 5.82 Å². The van der Waals surface area contributed by atoms with E-state index >= 15 is 0 Å². The van der Waals surface area contributed by atoms with Gasteiger partial charge in [-0.3, -0.25) is 14.2 Å². The summed E-state index contributed by atoms with van der Waals surface area (Å²) in [5, 5.41) is 11.5. The predicted octanol–water partition coefficient (Wildman–Crippen LogP) is 2.24. The van der Waals surface area contributed by atoms with Gasteiger partial charge in [-0.15, -0.1) is 0 Å². The molecule has 1 N–H and O–H groups in total. The number of hydrogen-bond donors (Lipinski definition) is 1. The standard InChI is InChI=1S/C17H19N5O2/c1-12-10-16(21(2)19-12)18-17(23)11-22-9-8-15(20-22)13-4-6-14(24-3)7-5-13/h4-10H,11H2,1-3H3,(H,18,23). The second kappa shape index (κ2) is 6.57. The van der Waals surface area contributed by atoms with Gasteiger partial charge in [0.25, 0.3) is 0 Å². The Labute approximate surface area is 139 Å². The van der Waals surface area contributed by atoms with Crippen LogP contribution in [0.2, 0.25) is 0 Å². The van der Waals surface area contributed by atoms with Crippen molar-refractivity contribution in [3.8, 4) is 17.0 Å². The van der Waals surface area contributed by atoms with E-state index in [0.717, 1.165) is 22.7 Å². The number of nitrogens with zero attached hydrogens (tertiary/aromatic N) is 4. The third-order valence-electron chi connectivity index (χ3n) is 3.60. The van der Waals surface area contributed by atoms with E-state index in [4.69, 9.17) is 4.74 Å². The number of rotatable bonds is 5. The van der Waals surface area contributed by atoms with Crippen LogP contribution in [0, 0.1) is 6.92 Å². The second-order valence-electron chi connectivity index (χ2n) is 5.47. The molecule has 7 heteroatoms. The van der Waals surface area contributed by atoms with E-state index in [1.807, 2.05) is 43.3 Å². The zero-order valence-electron chi connectivity index (χ0n) is 13.9. The van der Waals surface area contributed by atoms with Crippen LogP contribution < -0.4 is 10.1 Å². The molecule has 0 bridgehead atoms. The number of nitrogens with one attached hydrogen (secondary N) is 1. The Bertz CT molecular complexity index is 848. The van der Waals surface area contributed by atoms with Crippen molar-refractivity contribution in [3.63, 3.8) is 0 Å². The number of benzene rings is 1.